The fourth-order valence-corrected chi connectivity index (χ4v) is 3.21. The van der Waals surface area contributed by atoms with E-state index in [-0.39, 0.29) is 18.9 Å². The van der Waals surface area contributed by atoms with Gasteiger partial charge in [0, 0.05) is 11.9 Å². The van der Waals surface area contributed by atoms with Crippen LogP contribution in [0, 0.1) is 0 Å². The molecule has 0 atom stereocenters. The van der Waals surface area contributed by atoms with Gasteiger partial charge in [0.1, 0.15) is 11.9 Å². The molecule has 4 aromatic rings. The number of tetrazole rings is 1. The van der Waals surface area contributed by atoms with Gasteiger partial charge in [-0.1, -0.05) is 6.07 Å². The van der Waals surface area contributed by atoms with Crippen LogP contribution in [0.3, 0.4) is 0 Å². The molecule has 0 saturated heterocycles. The summed E-state index contributed by atoms with van der Waals surface area (Å²) in [7, 11) is 0. The number of hydrogen-bond donors (Lipinski definition) is 2. The summed E-state index contributed by atoms with van der Waals surface area (Å²) in [5.74, 6) is 0.473. The number of carbonyl (C=O) groups excluding carboxylic acids is 1. The van der Waals surface area contributed by atoms with Gasteiger partial charge in [-0.15, -0.1) is 5.10 Å². The Labute approximate surface area is 179 Å². The minimum Gasteiger partial charge on any atom is -0.454 e. The maximum atomic E-state index is 12.9. The van der Waals surface area contributed by atoms with Crippen molar-refractivity contribution in [3.05, 3.63) is 87.0 Å². The van der Waals surface area contributed by atoms with Crippen LogP contribution in [0.4, 0.5) is 5.69 Å². The average molecular weight is 433 g/mol. The molecule has 0 unspecified atom stereocenters. The SMILES string of the molecule is O=C(Nc1ccc(-n2cnnn2)cc1)c1c[nH]c(=O)n(Cc2ccc3c(c2)OCO3)c1=O. The van der Waals surface area contributed by atoms with Crippen LogP contribution >= 0.6 is 0 Å². The number of aromatic nitrogens is 6. The summed E-state index contributed by atoms with van der Waals surface area (Å²) in [4.78, 5) is 40.3. The summed E-state index contributed by atoms with van der Waals surface area (Å²) in [6.07, 6.45) is 2.54. The van der Waals surface area contributed by atoms with Crippen molar-refractivity contribution in [1.29, 1.82) is 0 Å². The van der Waals surface area contributed by atoms with Gasteiger partial charge < -0.3 is 19.8 Å². The molecule has 3 heterocycles. The van der Waals surface area contributed by atoms with Crippen molar-refractivity contribution in [3.63, 3.8) is 0 Å². The van der Waals surface area contributed by atoms with E-state index in [4.69, 9.17) is 9.47 Å². The van der Waals surface area contributed by atoms with Gasteiger partial charge in [0.15, 0.2) is 11.5 Å². The van der Waals surface area contributed by atoms with Gasteiger partial charge in [-0.25, -0.2) is 9.48 Å². The fraction of sp³-hybridized carbons (Fsp3) is 0.100. The Morgan fingerprint density at radius 3 is 2.69 bits per heavy atom. The van der Waals surface area contributed by atoms with Crippen molar-refractivity contribution in [2.45, 2.75) is 6.54 Å². The van der Waals surface area contributed by atoms with E-state index in [9.17, 15) is 14.4 Å². The molecule has 2 aromatic heterocycles. The number of nitrogens with zero attached hydrogens (tertiary/aromatic N) is 5. The minimum atomic E-state index is -0.714. The van der Waals surface area contributed by atoms with E-state index in [0.29, 0.717) is 28.4 Å². The predicted molar refractivity (Wildman–Crippen MR) is 110 cm³/mol. The molecule has 0 spiro atoms. The van der Waals surface area contributed by atoms with E-state index in [0.717, 1.165) is 10.8 Å². The molecule has 1 aliphatic heterocycles. The highest BCUT2D eigenvalue weighted by Crippen LogP contribution is 2.32. The van der Waals surface area contributed by atoms with Crippen LogP contribution in [-0.2, 0) is 6.54 Å². The lowest BCUT2D eigenvalue weighted by Crippen LogP contribution is -2.39. The molecule has 32 heavy (non-hydrogen) atoms. The van der Waals surface area contributed by atoms with Crippen LogP contribution in [0.25, 0.3) is 5.69 Å². The highest BCUT2D eigenvalue weighted by Gasteiger charge is 2.17. The molecule has 1 amide bonds. The lowest BCUT2D eigenvalue weighted by atomic mass is 10.2. The second kappa shape index (κ2) is 7.83. The van der Waals surface area contributed by atoms with Crippen LogP contribution < -0.4 is 26.0 Å². The van der Waals surface area contributed by atoms with E-state index < -0.39 is 17.2 Å². The van der Waals surface area contributed by atoms with Crippen molar-refractivity contribution in [3.8, 4) is 17.2 Å². The Balaban J connectivity index is 1.37. The molecule has 0 bridgehead atoms. The summed E-state index contributed by atoms with van der Waals surface area (Å²) < 4.78 is 13.0. The van der Waals surface area contributed by atoms with E-state index in [1.165, 1.54) is 11.0 Å². The number of benzene rings is 2. The van der Waals surface area contributed by atoms with Gasteiger partial charge in [0.25, 0.3) is 11.5 Å². The van der Waals surface area contributed by atoms with Gasteiger partial charge in [-0.3, -0.25) is 14.2 Å². The van der Waals surface area contributed by atoms with Gasteiger partial charge >= 0.3 is 5.69 Å². The van der Waals surface area contributed by atoms with Crippen LogP contribution in [0.1, 0.15) is 15.9 Å². The first kappa shape index (κ1) is 19.2. The molecule has 12 nitrogen and oxygen atoms in total. The molecule has 0 radical (unpaired) electrons. The lowest BCUT2D eigenvalue weighted by Gasteiger charge is -2.09. The number of hydrogen-bond acceptors (Lipinski definition) is 8. The van der Waals surface area contributed by atoms with E-state index in [1.54, 1.807) is 42.5 Å². The number of rotatable bonds is 5. The third kappa shape index (κ3) is 3.60. The highest BCUT2D eigenvalue weighted by molar-refractivity contribution is 6.03. The summed E-state index contributed by atoms with van der Waals surface area (Å²) in [6.45, 7) is 0.0816. The normalized spacial score (nSPS) is 12.0. The summed E-state index contributed by atoms with van der Waals surface area (Å²) in [5, 5.41) is 13.6. The first-order valence-corrected chi connectivity index (χ1v) is 9.44. The molecule has 2 N–H and O–H groups in total. The number of amides is 1. The van der Waals surface area contributed by atoms with E-state index in [2.05, 4.69) is 25.8 Å². The first-order valence-electron chi connectivity index (χ1n) is 9.44. The van der Waals surface area contributed by atoms with Crippen LogP contribution in [0.5, 0.6) is 11.5 Å². The lowest BCUT2D eigenvalue weighted by molar-refractivity contribution is 0.102. The summed E-state index contributed by atoms with van der Waals surface area (Å²) in [6, 6.07) is 11.8. The Hall–Kier alpha value is -4.74. The number of nitrogens with one attached hydrogen (secondary N) is 2. The Morgan fingerprint density at radius 1 is 1.09 bits per heavy atom. The first-order chi connectivity index (χ1) is 15.6. The predicted octanol–water partition coefficient (Wildman–Crippen LogP) is 0.542. The molecule has 0 saturated carbocycles. The molecule has 0 fully saturated rings. The maximum Gasteiger partial charge on any atom is 0.328 e. The monoisotopic (exact) mass is 433 g/mol. The fourth-order valence-electron chi connectivity index (χ4n) is 3.21. The topological polar surface area (TPSA) is 146 Å². The Morgan fingerprint density at radius 2 is 1.91 bits per heavy atom. The number of carbonyl (C=O) groups is 1. The van der Waals surface area contributed by atoms with Crippen molar-refractivity contribution in [2.75, 3.05) is 12.1 Å². The number of ether oxygens (including phenoxy) is 2. The number of fused-ring (bicyclic) bond motifs is 1. The quantitative estimate of drug-likeness (QED) is 0.464. The van der Waals surface area contributed by atoms with Crippen molar-refractivity contribution >= 4 is 11.6 Å². The zero-order chi connectivity index (χ0) is 22.1. The standard InChI is InChI=1S/C20H15N7O5/c28-18(23-13-2-4-14(5-3-13)27-10-22-24-25-27)15-8-21-20(30)26(19(15)29)9-12-1-6-16-17(7-12)32-11-31-16/h1-8,10H,9,11H2,(H,21,30)(H,23,28). The van der Waals surface area contributed by atoms with E-state index >= 15 is 0 Å². The van der Waals surface area contributed by atoms with Crippen LogP contribution in [0.2, 0.25) is 0 Å². The molecule has 5 rings (SSSR count). The molecule has 160 valence electrons. The van der Waals surface area contributed by atoms with Crippen molar-refractivity contribution in [2.24, 2.45) is 0 Å². The average Bonchev–Trinajstić information content (AvgIpc) is 3.49. The van der Waals surface area contributed by atoms with Crippen molar-refractivity contribution in [1.82, 2.24) is 29.8 Å². The van der Waals surface area contributed by atoms with Crippen LogP contribution in [-0.4, -0.2) is 42.5 Å². The molecule has 12 heteroatoms. The maximum absolute atomic E-state index is 12.9. The Kier molecular flexibility index (Phi) is 4.71. The number of H-pyrrole nitrogens is 1. The second-order valence-corrected chi connectivity index (χ2v) is 6.84. The molecular weight excluding hydrogens is 418 g/mol. The smallest absolute Gasteiger partial charge is 0.328 e. The third-order valence-electron chi connectivity index (χ3n) is 4.82. The Bertz CT molecular complexity index is 1410. The van der Waals surface area contributed by atoms with Gasteiger partial charge in [0.05, 0.1) is 12.2 Å². The number of anilines is 1. The van der Waals surface area contributed by atoms with E-state index in [1.807, 2.05) is 0 Å². The zero-order valence-electron chi connectivity index (χ0n) is 16.4. The van der Waals surface area contributed by atoms with Gasteiger partial charge in [-0.2, -0.15) is 0 Å². The van der Waals surface area contributed by atoms with Gasteiger partial charge in [-0.05, 0) is 52.4 Å². The molecule has 1 aliphatic rings. The van der Waals surface area contributed by atoms with Gasteiger partial charge in [0.2, 0.25) is 6.79 Å². The summed E-state index contributed by atoms with van der Waals surface area (Å²) in [5.41, 5.74) is 0.264. The summed E-state index contributed by atoms with van der Waals surface area (Å²) >= 11 is 0. The van der Waals surface area contributed by atoms with Crippen LogP contribution in [0.15, 0.2) is 64.6 Å². The molecule has 0 aliphatic carbocycles. The molecular formula is C20H15N7O5. The third-order valence-corrected chi connectivity index (χ3v) is 4.82. The highest BCUT2D eigenvalue weighted by atomic mass is 16.7. The largest absolute Gasteiger partial charge is 0.454 e. The van der Waals surface area contributed by atoms with Crippen molar-refractivity contribution < 1.29 is 14.3 Å². The molecule has 2 aromatic carbocycles. The zero-order valence-corrected chi connectivity index (χ0v) is 16.4. The second-order valence-electron chi connectivity index (χ2n) is 6.84. The minimum absolute atomic E-state index is 0.0352. The number of aromatic amines is 1.